The molecule has 3 aromatic rings. The Morgan fingerprint density at radius 3 is 2.42 bits per heavy atom. The largest absolute Gasteiger partial charge is 0.497 e. The van der Waals surface area contributed by atoms with E-state index in [-0.39, 0.29) is 0 Å². The lowest BCUT2D eigenvalue weighted by molar-refractivity contribution is 0.121. The maximum Gasteiger partial charge on any atom is 0.209 e. The van der Waals surface area contributed by atoms with Crippen molar-refractivity contribution in [3.8, 4) is 5.75 Å². The van der Waals surface area contributed by atoms with E-state index in [2.05, 4.69) is 26.9 Å². The summed E-state index contributed by atoms with van der Waals surface area (Å²) in [5, 5.41) is 0. The fourth-order valence-corrected chi connectivity index (χ4v) is 3.43. The maximum absolute atomic E-state index is 5.85. The predicted molar refractivity (Wildman–Crippen MR) is 102 cm³/mol. The number of nitrogens with zero attached hydrogens (tertiary/aromatic N) is 3. The number of benzene rings is 2. The zero-order valence-electron chi connectivity index (χ0n) is 15.2. The number of aromatic nitrogens is 1. The van der Waals surface area contributed by atoms with Crippen molar-refractivity contribution >= 4 is 11.1 Å². The van der Waals surface area contributed by atoms with Crippen molar-refractivity contribution in [2.24, 2.45) is 0 Å². The number of hydrogen-bond acceptors (Lipinski definition) is 5. The van der Waals surface area contributed by atoms with Gasteiger partial charge in [0.25, 0.3) is 0 Å². The first-order valence-corrected chi connectivity index (χ1v) is 9.22. The van der Waals surface area contributed by atoms with Gasteiger partial charge in [0.2, 0.25) is 5.89 Å². The van der Waals surface area contributed by atoms with E-state index in [1.807, 2.05) is 36.4 Å². The van der Waals surface area contributed by atoms with Crippen LogP contribution in [0.15, 0.2) is 52.9 Å². The van der Waals surface area contributed by atoms with Crippen LogP contribution in [0.2, 0.25) is 0 Å². The third kappa shape index (κ3) is 4.06. The van der Waals surface area contributed by atoms with Crippen LogP contribution >= 0.6 is 0 Å². The van der Waals surface area contributed by atoms with Crippen LogP contribution in [0.4, 0.5) is 0 Å². The molecule has 2 aromatic carbocycles. The zero-order valence-corrected chi connectivity index (χ0v) is 15.2. The zero-order chi connectivity index (χ0) is 17.8. The van der Waals surface area contributed by atoms with Gasteiger partial charge in [-0.2, -0.15) is 0 Å². The summed E-state index contributed by atoms with van der Waals surface area (Å²) in [5.41, 5.74) is 3.18. The number of para-hydroxylation sites is 2. The second-order valence-corrected chi connectivity index (χ2v) is 6.79. The Morgan fingerprint density at radius 2 is 1.69 bits per heavy atom. The van der Waals surface area contributed by atoms with Gasteiger partial charge < -0.3 is 14.1 Å². The van der Waals surface area contributed by atoms with Crippen LogP contribution in [0.5, 0.6) is 5.75 Å². The summed E-state index contributed by atoms with van der Waals surface area (Å²) < 4.78 is 11.1. The molecule has 0 radical (unpaired) electrons. The second kappa shape index (κ2) is 7.89. The molecule has 1 saturated heterocycles. The van der Waals surface area contributed by atoms with E-state index in [0.717, 1.165) is 68.4 Å². The lowest BCUT2D eigenvalue weighted by Crippen LogP contribution is -2.46. The topological polar surface area (TPSA) is 41.7 Å². The normalized spacial score (nSPS) is 16.2. The number of methoxy groups -OCH3 is 1. The number of piperazine rings is 1. The standard InChI is InChI=1S/C21H25N3O2/c1-25-18-8-6-17(7-9-18)10-11-23-12-14-24(15-13-23)16-21-22-19-4-2-3-5-20(19)26-21/h2-9H,10-16H2,1H3. The summed E-state index contributed by atoms with van der Waals surface area (Å²) in [6, 6.07) is 16.3. The average Bonchev–Trinajstić information content (AvgIpc) is 3.10. The maximum atomic E-state index is 5.85. The molecule has 136 valence electrons. The molecule has 0 bridgehead atoms. The highest BCUT2D eigenvalue weighted by molar-refractivity contribution is 5.72. The predicted octanol–water partition coefficient (Wildman–Crippen LogP) is 3.20. The molecule has 0 saturated carbocycles. The van der Waals surface area contributed by atoms with Crippen LogP contribution < -0.4 is 4.74 Å². The number of rotatable bonds is 6. The Hall–Kier alpha value is -2.37. The minimum atomic E-state index is 0.793. The Kier molecular flexibility index (Phi) is 5.18. The summed E-state index contributed by atoms with van der Waals surface area (Å²) in [6.07, 6.45) is 1.08. The van der Waals surface area contributed by atoms with Crippen molar-refractivity contribution in [1.29, 1.82) is 0 Å². The Morgan fingerprint density at radius 1 is 0.962 bits per heavy atom. The number of hydrogen-bond donors (Lipinski definition) is 0. The Balaban J connectivity index is 1.24. The lowest BCUT2D eigenvalue weighted by atomic mass is 10.1. The van der Waals surface area contributed by atoms with Gasteiger partial charge in [-0.1, -0.05) is 24.3 Å². The van der Waals surface area contributed by atoms with E-state index >= 15 is 0 Å². The first kappa shape index (κ1) is 17.1. The Bertz CT molecular complexity index is 803. The second-order valence-electron chi connectivity index (χ2n) is 6.79. The molecular weight excluding hydrogens is 326 g/mol. The third-order valence-electron chi connectivity index (χ3n) is 5.04. The van der Waals surface area contributed by atoms with Crippen LogP contribution in [0.1, 0.15) is 11.5 Å². The van der Waals surface area contributed by atoms with Gasteiger partial charge in [0.05, 0.1) is 13.7 Å². The fraction of sp³-hybridized carbons (Fsp3) is 0.381. The highest BCUT2D eigenvalue weighted by atomic mass is 16.5. The number of oxazole rings is 1. The molecule has 0 N–H and O–H groups in total. The van der Waals surface area contributed by atoms with Gasteiger partial charge in [0.1, 0.15) is 11.3 Å². The van der Waals surface area contributed by atoms with Crippen molar-refractivity contribution in [1.82, 2.24) is 14.8 Å². The van der Waals surface area contributed by atoms with Crippen molar-refractivity contribution in [3.05, 3.63) is 60.0 Å². The smallest absolute Gasteiger partial charge is 0.209 e. The minimum Gasteiger partial charge on any atom is -0.497 e. The van der Waals surface area contributed by atoms with E-state index in [4.69, 9.17) is 9.15 Å². The minimum absolute atomic E-state index is 0.793. The molecule has 5 heteroatoms. The van der Waals surface area contributed by atoms with E-state index < -0.39 is 0 Å². The summed E-state index contributed by atoms with van der Waals surface area (Å²) in [5.74, 6) is 1.74. The number of ether oxygens (including phenoxy) is 1. The highest BCUT2D eigenvalue weighted by Crippen LogP contribution is 2.17. The summed E-state index contributed by atoms with van der Waals surface area (Å²) in [6.45, 7) is 6.19. The highest BCUT2D eigenvalue weighted by Gasteiger charge is 2.18. The quantitative estimate of drug-likeness (QED) is 0.682. The van der Waals surface area contributed by atoms with Gasteiger partial charge >= 0.3 is 0 Å². The third-order valence-corrected chi connectivity index (χ3v) is 5.04. The molecule has 26 heavy (non-hydrogen) atoms. The monoisotopic (exact) mass is 351 g/mol. The van der Waals surface area contributed by atoms with Crippen LogP contribution in [0, 0.1) is 0 Å². The molecule has 4 rings (SSSR count). The van der Waals surface area contributed by atoms with Crippen LogP contribution in [-0.4, -0.2) is 54.6 Å². The molecule has 1 fully saturated rings. The first-order chi connectivity index (χ1) is 12.8. The summed E-state index contributed by atoms with van der Waals surface area (Å²) in [4.78, 5) is 9.54. The van der Waals surface area contributed by atoms with Crippen LogP contribution in [-0.2, 0) is 13.0 Å². The van der Waals surface area contributed by atoms with Crippen LogP contribution in [0.3, 0.4) is 0 Å². The molecule has 0 aliphatic carbocycles. The van der Waals surface area contributed by atoms with E-state index in [9.17, 15) is 0 Å². The molecule has 1 aliphatic heterocycles. The molecular formula is C21H25N3O2. The fourth-order valence-electron chi connectivity index (χ4n) is 3.43. The first-order valence-electron chi connectivity index (χ1n) is 9.22. The molecule has 5 nitrogen and oxygen atoms in total. The lowest BCUT2D eigenvalue weighted by Gasteiger charge is -2.34. The molecule has 0 unspecified atom stereocenters. The van der Waals surface area contributed by atoms with Gasteiger partial charge in [-0.15, -0.1) is 0 Å². The van der Waals surface area contributed by atoms with Gasteiger partial charge in [-0.3, -0.25) is 4.90 Å². The van der Waals surface area contributed by atoms with E-state index in [1.165, 1.54) is 5.56 Å². The molecule has 1 aliphatic rings. The summed E-state index contributed by atoms with van der Waals surface area (Å²) in [7, 11) is 1.70. The van der Waals surface area contributed by atoms with Gasteiger partial charge in [-0.25, -0.2) is 4.98 Å². The summed E-state index contributed by atoms with van der Waals surface area (Å²) >= 11 is 0. The van der Waals surface area contributed by atoms with Crippen molar-refractivity contribution in [2.75, 3.05) is 39.8 Å². The Labute approximate surface area is 154 Å². The molecule has 0 amide bonds. The van der Waals surface area contributed by atoms with E-state index in [0.29, 0.717) is 0 Å². The molecule has 0 atom stereocenters. The molecule has 0 spiro atoms. The van der Waals surface area contributed by atoms with Gasteiger partial charge in [-0.05, 0) is 36.2 Å². The van der Waals surface area contributed by atoms with Crippen molar-refractivity contribution in [3.63, 3.8) is 0 Å². The van der Waals surface area contributed by atoms with Gasteiger partial charge in [0.15, 0.2) is 5.58 Å². The van der Waals surface area contributed by atoms with Crippen LogP contribution in [0.25, 0.3) is 11.1 Å². The molecule has 1 aromatic heterocycles. The number of fused-ring (bicyclic) bond motifs is 1. The van der Waals surface area contributed by atoms with Crippen molar-refractivity contribution < 1.29 is 9.15 Å². The SMILES string of the molecule is COc1ccc(CCN2CCN(Cc3nc4ccccc4o3)CC2)cc1. The van der Waals surface area contributed by atoms with E-state index in [1.54, 1.807) is 7.11 Å². The van der Waals surface area contributed by atoms with Crippen molar-refractivity contribution in [2.45, 2.75) is 13.0 Å². The van der Waals surface area contributed by atoms with Gasteiger partial charge in [0, 0.05) is 32.7 Å². The molecule has 2 heterocycles. The average molecular weight is 351 g/mol.